The van der Waals surface area contributed by atoms with E-state index in [0.29, 0.717) is 11.4 Å². The molecule has 92 valence electrons. The van der Waals surface area contributed by atoms with E-state index in [4.69, 9.17) is 16.9 Å². The topological polar surface area (TPSA) is 44.0 Å². The average Bonchev–Trinajstić information content (AvgIpc) is 2.28. The number of hydrogen-bond acceptors (Lipinski definition) is 2. The van der Waals surface area contributed by atoms with Gasteiger partial charge in [0.2, 0.25) is 0 Å². The summed E-state index contributed by atoms with van der Waals surface area (Å²) in [7, 11) is 0. The minimum Gasteiger partial charge on any atom is -0.388 e. The number of halogens is 1. The van der Waals surface area contributed by atoms with Crippen LogP contribution in [0.25, 0.3) is 0 Å². The lowest BCUT2D eigenvalue weighted by Crippen LogP contribution is -2.36. The fourth-order valence-electron chi connectivity index (χ4n) is 1.94. The highest BCUT2D eigenvalue weighted by molar-refractivity contribution is 6.30. The first kappa shape index (κ1) is 14.0. The average molecular weight is 252 g/mol. The highest BCUT2D eigenvalue weighted by Gasteiger charge is 2.31. The predicted octanol–water partition coefficient (Wildman–Crippen LogP) is 3.57. The van der Waals surface area contributed by atoms with Crippen molar-refractivity contribution in [1.82, 2.24) is 0 Å². The molecule has 0 saturated carbocycles. The minimum atomic E-state index is -0.988. The predicted molar refractivity (Wildman–Crippen MR) is 69.8 cm³/mol. The lowest BCUT2D eigenvalue weighted by Gasteiger charge is -2.28. The number of hydrogen-bond donors (Lipinski definition) is 1. The van der Waals surface area contributed by atoms with Crippen molar-refractivity contribution in [3.05, 3.63) is 34.9 Å². The fourth-order valence-corrected chi connectivity index (χ4v) is 2.07. The Morgan fingerprint density at radius 1 is 1.41 bits per heavy atom. The maximum atomic E-state index is 10.4. The van der Waals surface area contributed by atoms with Gasteiger partial charge in [0.25, 0.3) is 0 Å². The summed E-state index contributed by atoms with van der Waals surface area (Å²) < 4.78 is 0. The molecule has 0 fully saturated rings. The molecule has 0 aromatic heterocycles. The van der Waals surface area contributed by atoms with E-state index in [1.54, 1.807) is 19.1 Å². The van der Waals surface area contributed by atoms with E-state index in [9.17, 15) is 5.11 Å². The second-order valence-corrected chi connectivity index (χ2v) is 5.07. The first-order chi connectivity index (χ1) is 7.99. The molecule has 0 aliphatic carbocycles. The van der Waals surface area contributed by atoms with E-state index >= 15 is 0 Å². The van der Waals surface area contributed by atoms with Crippen LogP contribution < -0.4 is 0 Å². The zero-order valence-corrected chi connectivity index (χ0v) is 11.0. The molecule has 2 atom stereocenters. The Balaban J connectivity index is 2.77. The third kappa shape index (κ3) is 4.03. The van der Waals surface area contributed by atoms with Crippen molar-refractivity contribution in [3.8, 4) is 6.07 Å². The monoisotopic (exact) mass is 251 g/mol. The lowest BCUT2D eigenvalue weighted by molar-refractivity contribution is 0.0178. The molecule has 0 amide bonds. The zero-order valence-electron chi connectivity index (χ0n) is 10.3. The summed E-state index contributed by atoms with van der Waals surface area (Å²) in [4.78, 5) is 0. The Bertz CT molecular complexity index is 392. The Morgan fingerprint density at radius 3 is 2.47 bits per heavy atom. The van der Waals surface area contributed by atoms with E-state index in [0.717, 1.165) is 18.4 Å². The highest BCUT2D eigenvalue weighted by Crippen LogP contribution is 2.26. The quantitative estimate of drug-likeness (QED) is 0.869. The molecule has 0 saturated heterocycles. The SMILES string of the molecule is CCCC(C#N)C(C)(O)Cc1ccc(Cl)cc1. The van der Waals surface area contributed by atoms with Gasteiger partial charge in [0.15, 0.2) is 0 Å². The van der Waals surface area contributed by atoms with Crippen molar-refractivity contribution in [3.63, 3.8) is 0 Å². The summed E-state index contributed by atoms with van der Waals surface area (Å²) >= 11 is 5.81. The Morgan fingerprint density at radius 2 is 2.00 bits per heavy atom. The van der Waals surface area contributed by atoms with Gasteiger partial charge in [-0.25, -0.2) is 0 Å². The van der Waals surface area contributed by atoms with Gasteiger partial charge in [0, 0.05) is 11.4 Å². The second-order valence-electron chi connectivity index (χ2n) is 4.63. The maximum absolute atomic E-state index is 10.4. The molecular weight excluding hydrogens is 234 g/mol. The smallest absolute Gasteiger partial charge is 0.0817 e. The molecular formula is C14H18ClNO. The largest absolute Gasteiger partial charge is 0.388 e. The molecule has 0 radical (unpaired) electrons. The van der Waals surface area contributed by atoms with Crippen LogP contribution in [0, 0.1) is 17.2 Å². The van der Waals surface area contributed by atoms with Gasteiger partial charge in [-0.1, -0.05) is 37.1 Å². The van der Waals surface area contributed by atoms with E-state index in [1.807, 2.05) is 19.1 Å². The van der Waals surface area contributed by atoms with E-state index in [1.165, 1.54) is 0 Å². The van der Waals surface area contributed by atoms with Gasteiger partial charge in [-0.3, -0.25) is 0 Å². The van der Waals surface area contributed by atoms with Gasteiger partial charge in [-0.15, -0.1) is 0 Å². The molecule has 2 nitrogen and oxygen atoms in total. The molecule has 1 aromatic rings. The van der Waals surface area contributed by atoms with Crippen LogP contribution in [0.3, 0.4) is 0 Å². The van der Waals surface area contributed by atoms with Crippen LogP contribution in [0.15, 0.2) is 24.3 Å². The van der Waals surface area contributed by atoms with Gasteiger partial charge in [-0.05, 0) is 31.0 Å². The van der Waals surface area contributed by atoms with Crippen molar-refractivity contribution >= 4 is 11.6 Å². The van der Waals surface area contributed by atoms with E-state index in [2.05, 4.69) is 6.07 Å². The third-order valence-corrected chi connectivity index (χ3v) is 3.21. The van der Waals surface area contributed by atoms with Gasteiger partial charge < -0.3 is 5.11 Å². The van der Waals surface area contributed by atoms with E-state index < -0.39 is 5.60 Å². The summed E-state index contributed by atoms with van der Waals surface area (Å²) in [6.07, 6.45) is 2.09. The summed E-state index contributed by atoms with van der Waals surface area (Å²) in [5, 5.41) is 20.1. The number of benzene rings is 1. The maximum Gasteiger partial charge on any atom is 0.0817 e. The second kappa shape index (κ2) is 6.05. The molecule has 1 N–H and O–H groups in total. The van der Waals surface area contributed by atoms with Gasteiger partial charge in [0.1, 0.15) is 0 Å². The number of nitrogens with zero attached hydrogens (tertiary/aromatic N) is 1. The Kier molecular flexibility index (Phi) is 4.99. The van der Waals surface area contributed by atoms with Crippen LogP contribution in [0.2, 0.25) is 5.02 Å². The highest BCUT2D eigenvalue weighted by atomic mass is 35.5. The van der Waals surface area contributed by atoms with Crippen LogP contribution in [0.1, 0.15) is 32.3 Å². The lowest BCUT2D eigenvalue weighted by atomic mass is 9.82. The van der Waals surface area contributed by atoms with Crippen molar-refractivity contribution in [2.75, 3.05) is 0 Å². The molecule has 0 aliphatic heterocycles. The Hall–Kier alpha value is -1.04. The van der Waals surface area contributed by atoms with Crippen molar-refractivity contribution in [2.24, 2.45) is 5.92 Å². The molecule has 17 heavy (non-hydrogen) atoms. The summed E-state index contributed by atoms with van der Waals surface area (Å²) in [5.74, 6) is -0.330. The first-order valence-electron chi connectivity index (χ1n) is 5.86. The third-order valence-electron chi connectivity index (χ3n) is 2.96. The molecule has 2 unspecified atom stereocenters. The van der Waals surface area contributed by atoms with Gasteiger partial charge >= 0.3 is 0 Å². The zero-order chi connectivity index (χ0) is 12.9. The summed E-state index contributed by atoms with van der Waals surface area (Å²) in [6, 6.07) is 9.57. The van der Waals surface area contributed by atoms with Crippen molar-refractivity contribution in [2.45, 2.75) is 38.7 Å². The number of nitriles is 1. The summed E-state index contributed by atoms with van der Waals surface area (Å²) in [5.41, 5.74) is 0.00856. The summed E-state index contributed by atoms with van der Waals surface area (Å²) in [6.45, 7) is 3.74. The molecule has 1 aromatic carbocycles. The minimum absolute atomic E-state index is 0.330. The molecule has 3 heteroatoms. The van der Waals surface area contributed by atoms with E-state index in [-0.39, 0.29) is 5.92 Å². The normalized spacial score (nSPS) is 15.9. The van der Waals surface area contributed by atoms with Crippen molar-refractivity contribution < 1.29 is 5.11 Å². The van der Waals surface area contributed by atoms with Crippen LogP contribution >= 0.6 is 11.6 Å². The number of rotatable bonds is 5. The fraction of sp³-hybridized carbons (Fsp3) is 0.500. The van der Waals surface area contributed by atoms with Crippen molar-refractivity contribution in [1.29, 1.82) is 5.26 Å². The Labute approximate surface area is 108 Å². The van der Waals surface area contributed by atoms with Gasteiger partial charge in [0.05, 0.1) is 17.6 Å². The molecule has 0 heterocycles. The van der Waals surface area contributed by atoms with Crippen LogP contribution in [-0.2, 0) is 6.42 Å². The van der Waals surface area contributed by atoms with Crippen LogP contribution in [0.4, 0.5) is 0 Å². The standard InChI is InChI=1S/C14H18ClNO/c1-3-4-12(10-16)14(2,17)9-11-5-7-13(15)8-6-11/h5-8,12,17H,3-4,9H2,1-2H3. The molecule has 0 aliphatic rings. The van der Waals surface area contributed by atoms with Gasteiger partial charge in [-0.2, -0.15) is 5.26 Å². The molecule has 1 rings (SSSR count). The van der Waals surface area contributed by atoms with Crippen LogP contribution in [0.5, 0.6) is 0 Å². The molecule has 0 bridgehead atoms. The molecule has 0 spiro atoms. The number of aliphatic hydroxyl groups is 1. The first-order valence-corrected chi connectivity index (χ1v) is 6.24. The van der Waals surface area contributed by atoms with Crippen LogP contribution in [-0.4, -0.2) is 10.7 Å².